The smallest absolute Gasteiger partial charge is 0.232 e. The summed E-state index contributed by atoms with van der Waals surface area (Å²) in [5, 5.41) is 7.53. The Morgan fingerprint density at radius 1 is 0.682 bits per heavy atom. The molecule has 0 unspecified atom stereocenters. The first-order chi connectivity index (χ1) is 21.6. The average Bonchev–Trinajstić information content (AvgIpc) is 3.53. The van der Waals surface area contributed by atoms with Crippen LogP contribution in [0.25, 0.3) is 0 Å². The van der Waals surface area contributed by atoms with Gasteiger partial charge in [0.2, 0.25) is 5.95 Å². The first kappa shape index (κ1) is 28.6. The van der Waals surface area contributed by atoms with Crippen LogP contribution in [0.4, 0.5) is 23.3 Å². The molecule has 1 saturated heterocycles. The first-order valence-electron chi connectivity index (χ1n) is 16.0. The third-order valence-electron chi connectivity index (χ3n) is 9.60. The quantitative estimate of drug-likeness (QED) is 0.232. The molecule has 3 aliphatic rings. The molecule has 1 aliphatic carbocycles. The van der Waals surface area contributed by atoms with Crippen LogP contribution in [-0.4, -0.2) is 47.8 Å². The Morgan fingerprint density at radius 2 is 1.25 bits per heavy atom. The lowest BCUT2D eigenvalue weighted by molar-refractivity contribution is 0.292. The normalized spacial score (nSPS) is 17.7. The molecule has 0 amide bonds. The second kappa shape index (κ2) is 12.8. The molecule has 2 N–H and O–H groups in total. The van der Waals surface area contributed by atoms with E-state index >= 15 is 0 Å². The van der Waals surface area contributed by atoms with Crippen molar-refractivity contribution in [2.75, 3.05) is 52.7 Å². The second-order valence-corrected chi connectivity index (χ2v) is 12.8. The number of benzene rings is 3. The van der Waals surface area contributed by atoms with Gasteiger partial charge in [-0.3, -0.25) is 0 Å². The number of para-hydroxylation sites is 1. The second-order valence-electron chi connectivity index (χ2n) is 12.4. The van der Waals surface area contributed by atoms with E-state index in [1.54, 1.807) is 0 Å². The zero-order chi connectivity index (χ0) is 29.8. The number of rotatable bonds is 7. The van der Waals surface area contributed by atoms with Crippen molar-refractivity contribution < 1.29 is 0 Å². The molecule has 7 rings (SSSR count). The molecule has 4 aromatic rings. The van der Waals surface area contributed by atoms with Crippen molar-refractivity contribution in [2.45, 2.75) is 50.6 Å². The molecule has 1 saturated carbocycles. The maximum Gasteiger partial charge on any atom is 0.232 e. The molecule has 2 fully saturated rings. The van der Waals surface area contributed by atoms with Gasteiger partial charge in [-0.1, -0.05) is 92.1 Å². The molecule has 8 heteroatoms. The SMILES string of the molecule is S=C(NCC1(c2ccccc2)CCCCC1)Nc1nc(N2CCN(c3ccccc3)CC2)cc(N2Cc3ccccc3C2)n1. The minimum Gasteiger partial charge on any atom is -0.368 e. The van der Waals surface area contributed by atoms with Gasteiger partial charge in [0.1, 0.15) is 11.6 Å². The monoisotopic (exact) mass is 603 g/mol. The molecule has 0 radical (unpaired) electrons. The average molecular weight is 604 g/mol. The Bertz CT molecular complexity index is 1540. The zero-order valence-electron chi connectivity index (χ0n) is 25.3. The number of hydrogen-bond acceptors (Lipinski definition) is 6. The van der Waals surface area contributed by atoms with Gasteiger partial charge in [0.15, 0.2) is 5.11 Å². The lowest BCUT2D eigenvalue weighted by Gasteiger charge is -2.38. The minimum absolute atomic E-state index is 0.0961. The van der Waals surface area contributed by atoms with Gasteiger partial charge in [-0.25, -0.2) is 0 Å². The fraction of sp³-hybridized carbons (Fsp3) is 0.361. The topological polar surface area (TPSA) is 59.6 Å². The van der Waals surface area contributed by atoms with Gasteiger partial charge in [0, 0.05) is 63.0 Å². The number of piperazine rings is 1. The van der Waals surface area contributed by atoms with Crippen molar-refractivity contribution in [3.05, 3.63) is 108 Å². The number of nitrogens with one attached hydrogen (secondary N) is 2. The van der Waals surface area contributed by atoms with Crippen molar-refractivity contribution in [3.63, 3.8) is 0 Å². The number of fused-ring (bicyclic) bond motifs is 1. The van der Waals surface area contributed by atoms with Crippen LogP contribution in [0.1, 0.15) is 48.8 Å². The lowest BCUT2D eigenvalue weighted by atomic mass is 9.69. The van der Waals surface area contributed by atoms with E-state index in [0.29, 0.717) is 11.1 Å². The van der Waals surface area contributed by atoms with E-state index in [0.717, 1.165) is 57.4 Å². The molecule has 0 atom stereocenters. The molecule has 7 nitrogen and oxygen atoms in total. The molecule has 226 valence electrons. The van der Waals surface area contributed by atoms with E-state index in [9.17, 15) is 0 Å². The van der Waals surface area contributed by atoms with Gasteiger partial charge in [-0.05, 0) is 53.9 Å². The van der Waals surface area contributed by atoms with Crippen molar-refractivity contribution in [2.24, 2.45) is 0 Å². The van der Waals surface area contributed by atoms with E-state index < -0.39 is 0 Å². The van der Waals surface area contributed by atoms with Gasteiger partial charge in [-0.2, -0.15) is 9.97 Å². The molecule has 3 heterocycles. The molecular formula is C36H41N7S. The van der Waals surface area contributed by atoms with E-state index in [1.165, 1.54) is 54.5 Å². The molecule has 0 bridgehead atoms. The van der Waals surface area contributed by atoms with Crippen LogP contribution in [0, 0.1) is 0 Å². The fourth-order valence-electron chi connectivity index (χ4n) is 7.11. The number of thiocarbonyl (C=S) groups is 1. The number of nitrogens with zero attached hydrogens (tertiary/aromatic N) is 5. The lowest BCUT2D eigenvalue weighted by Crippen LogP contribution is -2.47. The van der Waals surface area contributed by atoms with Crippen LogP contribution in [0.3, 0.4) is 0 Å². The van der Waals surface area contributed by atoms with Gasteiger partial charge in [0.25, 0.3) is 0 Å². The Hall–Kier alpha value is -4.17. The summed E-state index contributed by atoms with van der Waals surface area (Å²) in [7, 11) is 0. The van der Waals surface area contributed by atoms with Gasteiger partial charge in [0.05, 0.1) is 0 Å². The first-order valence-corrected chi connectivity index (χ1v) is 16.4. The van der Waals surface area contributed by atoms with Crippen molar-refractivity contribution in [1.29, 1.82) is 0 Å². The van der Waals surface area contributed by atoms with E-state index in [-0.39, 0.29) is 5.41 Å². The Balaban J connectivity index is 1.09. The van der Waals surface area contributed by atoms with Crippen molar-refractivity contribution >= 4 is 40.6 Å². The largest absolute Gasteiger partial charge is 0.368 e. The summed E-state index contributed by atoms with van der Waals surface area (Å²) in [6.45, 7) is 6.18. The summed E-state index contributed by atoms with van der Waals surface area (Å²) in [4.78, 5) is 17.2. The number of hydrogen-bond donors (Lipinski definition) is 2. The van der Waals surface area contributed by atoms with Crippen LogP contribution in [0.15, 0.2) is 91.0 Å². The van der Waals surface area contributed by atoms with Crippen LogP contribution in [0.5, 0.6) is 0 Å². The number of anilines is 4. The standard InChI is InChI=1S/C36H41N7S/c44-35(37-27-36(18-10-3-11-19-36)30-14-4-1-5-15-30)40-34-38-32(42-22-20-41(21-23-42)31-16-6-2-7-17-31)24-33(39-34)43-25-28-12-8-9-13-29(28)26-43/h1-2,4-9,12-17,24H,3,10-11,18-23,25-27H2,(H2,37,38,39,40,44). The molecular weight excluding hydrogens is 563 g/mol. The van der Waals surface area contributed by atoms with Crippen LogP contribution < -0.4 is 25.3 Å². The zero-order valence-corrected chi connectivity index (χ0v) is 26.1. The summed E-state index contributed by atoms with van der Waals surface area (Å²) in [6.07, 6.45) is 6.16. The summed E-state index contributed by atoms with van der Waals surface area (Å²) in [5.74, 6) is 2.42. The maximum atomic E-state index is 5.87. The van der Waals surface area contributed by atoms with Crippen molar-refractivity contribution in [3.8, 4) is 0 Å². The highest BCUT2D eigenvalue weighted by Gasteiger charge is 2.34. The van der Waals surface area contributed by atoms with Crippen LogP contribution >= 0.6 is 12.2 Å². The highest BCUT2D eigenvalue weighted by atomic mass is 32.1. The van der Waals surface area contributed by atoms with E-state index in [1.807, 2.05) is 0 Å². The summed E-state index contributed by atoms with van der Waals surface area (Å²) in [5.41, 5.74) is 5.48. The number of aromatic nitrogens is 2. The molecule has 1 aromatic heterocycles. The highest BCUT2D eigenvalue weighted by molar-refractivity contribution is 7.80. The van der Waals surface area contributed by atoms with Gasteiger partial charge < -0.3 is 25.3 Å². The predicted molar refractivity (Wildman–Crippen MR) is 185 cm³/mol. The molecule has 0 spiro atoms. The predicted octanol–water partition coefficient (Wildman–Crippen LogP) is 6.51. The van der Waals surface area contributed by atoms with Crippen molar-refractivity contribution in [1.82, 2.24) is 15.3 Å². The highest BCUT2D eigenvalue weighted by Crippen LogP contribution is 2.39. The van der Waals surface area contributed by atoms with E-state index in [4.69, 9.17) is 22.2 Å². The van der Waals surface area contributed by atoms with Crippen LogP contribution in [0.2, 0.25) is 0 Å². The third kappa shape index (κ3) is 6.22. The Morgan fingerprint density at radius 3 is 1.91 bits per heavy atom. The Kier molecular flexibility index (Phi) is 8.33. The minimum atomic E-state index is 0.0961. The molecule has 44 heavy (non-hydrogen) atoms. The van der Waals surface area contributed by atoms with E-state index in [2.05, 4.69) is 116 Å². The molecule has 2 aliphatic heterocycles. The van der Waals surface area contributed by atoms with Gasteiger partial charge >= 0.3 is 0 Å². The third-order valence-corrected chi connectivity index (χ3v) is 9.84. The summed E-state index contributed by atoms with van der Waals surface area (Å²) >= 11 is 5.87. The maximum absolute atomic E-state index is 5.87. The summed E-state index contributed by atoms with van der Waals surface area (Å²) < 4.78 is 0. The summed E-state index contributed by atoms with van der Waals surface area (Å²) in [6, 6.07) is 32.4. The van der Waals surface area contributed by atoms with Gasteiger partial charge in [-0.15, -0.1) is 0 Å². The van der Waals surface area contributed by atoms with Crippen LogP contribution in [-0.2, 0) is 18.5 Å². The fourth-order valence-corrected chi connectivity index (χ4v) is 7.28. The molecule has 3 aromatic carbocycles. The Labute approximate surface area is 266 Å².